The summed E-state index contributed by atoms with van der Waals surface area (Å²) in [6, 6.07) is 7.40. The van der Waals surface area contributed by atoms with E-state index in [0.29, 0.717) is 17.1 Å². The lowest BCUT2D eigenvalue weighted by molar-refractivity contribution is 0.0906. The van der Waals surface area contributed by atoms with Crippen LogP contribution in [0, 0.1) is 6.92 Å². The molecule has 3 rings (SSSR count). The third-order valence-corrected chi connectivity index (χ3v) is 4.32. The van der Waals surface area contributed by atoms with Crippen LogP contribution in [0.2, 0.25) is 5.02 Å². The first-order chi connectivity index (χ1) is 11.1. The number of amides is 1. The molecule has 6 heteroatoms. The highest BCUT2D eigenvalue weighted by Gasteiger charge is 2.17. The number of carbonyl (C=O) groups is 1. The number of halogens is 1. The lowest BCUT2D eigenvalue weighted by Gasteiger charge is -2.10. The standard InChI is InChI=1S/C17H20ClN3O2/c1-12-16(17(22)19-8-7-15-6-3-9-23-15)11-20-21(12)14-5-2-4-13(18)10-14/h2,4-5,10-11,15H,3,6-9H2,1H3,(H,19,22)/t15-/m1/s1. The largest absolute Gasteiger partial charge is 0.378 e. The van der Waals surface area contributed by atoms with Crippen molar-refractivity contribution < 1.29 is 9.53 Å². The van der Waals surface area contributed by atoms with Crippen LogP contribution in [0.5, 0.6) is 0 Å². The topological polar surface area (TPSA) is 56.1 Å². The maximum absolute atomic E-state index is 12.3. The van der Waals surface area contributed by atoms with Crippen LogP contribution in [0.3, 0.4) is 0 Å². The van der Waals surface area contributed by atoms with E-state index in [1.165, 1.54) is 0 Å². The number of ether oxygens (including phenoxy) is 1. The number of hydrogen-bond acceptors (Lipinski definition) is 3. The Morgan fingerprint density at radius 3 is 3.13 bits per heavy atom. The molecule has 23 heavy (non-hydrogen) atoms. The summed E-state index contributed by atoms with van der Waals surface area (Å²) in [5, 5.41) is 7.89. The second kappa shape index (κ2) is 7.15. The average molecular weight is 334 g/mol. The number of rotatable bonds is 5. The third kappa shape index (κ3) is 3.74. The maximum Gasteiger partial charge on any atom is 0.254 e. The molecule has 1 atom stereocenters. The van der Waals surface area contributed by atoms with Gasteiger partial charge in [0.1, 0.15) is 0 Å². The molecule has 1 aromatic carbocycles. The zero-order valence-electron chi connectivity index (χ0n) is 13.1. The quantitative estimate of drug-likeness (QED) is 0.914. The first-order valence-electron chi connectivity index (χ1n) is 7.85. The van der Waals surface area contributed by atoms with Gasteiger partial charge in [0, 0.05) is 18.2 Å². The Bertz CT molecular complexity index is 693. The van der Waals surface area contributed by atoms with Crippen molar-refractivity contribution in [1.82, 2.24) is 15.1 Å². The molecule has 0 unspecified atom stereocenters. The summed E-state index contributed by atoms with van der Waals surface area (Å²) >= 11 is 6.01. The van der Waals surface area contributed by atoms with Crippen LogP contribution < -0.4 is 5.32 Å². The van der Waals surface area contributed by atoms with Gasteiger partial charge in [-0.1, -0.05) is 17.7 Å². The van der Waals surface area contributed by atoms with Gasteiger partial charge < -0.3 is 10.1 Å². The molecule has 1 aliphatic heterocycles. The van der Waals surface area contributed by atoms with Gasteiger partial charge >= 0.3 is 0 Å². The summed E-state index contributed by atoms with van der Waals surface area (Å²) in [5.41, 5.74) is 2.22. The van der Waals surface area contributed by atoms with Crippen molar-refractivity contribution in [2.75, 3.05) is 13.2 Å². The van der Waals surface area contributed by atoms with Gasteiger partial charge in [0.2, 0.25) is 0 Å². The van der Waals surface area contributed by atoms with Gasteiger partial charge in [0.05, 0.1) is 29.2 Å². The molecule has 122 valence electrons. The van der Waals surface area contributed by atoms with E-state index < -0.39 is 0 Å². The first-order valence-corrected chi connectivity index (χ1v) is 8.23. The fourth-order valence-electron chi connectivity index (χ4n) is 2.81. The van der Waals surface area contributed by atoms with E-state index in [0.717, 1.165) is 37.3 Å². The minimum absolute atomic E-state index is 0.103. The Morgan fingerprint density at radius 1 is 1.52 bits per heavy atom. The molecule has 2 heterocycles. The minimum Gasteiger partial charge on any atom is -0.378 e. The van der Waals surface area contributed by atoms with Crippen LogP contribution in [0.25, 0.3) is 5.69 Å². The first kappa shape index (κ1) is 16.0. The molecule has 1 amide bonds. The van der Waals surface area contributed by atoms with Gasteiger partial charge in [-0.2, -0.15) is 5.10 Å². The van der Waals surface area contributed by atoms with Crippen molar-refractivity contribution in [3.63, 3.8) is 0 Å². The molecule has 5 nitrogen and oxygen atoms in total. The van der Waals surface area contributed by atoms with Crippen LogP contribution >= 0.6 is 11.6 Å². The van der Waals surface area contributed by atoms with Gasteiger partial charge in [0.15, 0.2) is 0 Å². The van der Waals surface area contributed by atoms with E-state index in [-0.39, 0.29) is 12.0 Å². The van der Waals surface area contributed by atoms with E-state index in [2.05, 4.69) is 10.4 Å². The van der Waals surface area contributed by atoms with Crippen molar-refractivity contribution >= 4 is 17.5 Å². The number of nitrogens with one attached hydrogen (secondary N) is 1. The van der Waals surface area contributed by atoms with Crippen LogP contribution in [0.15, 0.2) is 30.5 Å². The predicted molar refractivity (Wildman–Crippen MR) is 89.2 cm³/mol. The number of hydrogen-bond donors (Lipinski definition) is 1. The molecule has 1 N–H and O–H groups in total. The van der Waals surface area contributed by atoms with Crippen LogP contribution in [0.4, 0.5) is 0 Å². The zero-order valence-corrected chi connectivity index (χ0v) is 13.8. The second-order valence-electron chi connectivity index (χ2n) is 5.71. The molecule has 1 fully saturated rings. The zero-order chi connectivity index (χ0) is 16.2. The molecule has 0 radical (unpaired) electrons. The Labute approximate surface area is 140 Å². The molecule has 1 saturated heterocycles. The highest BCUT2D eigenvalue weighted by molar-refractivity contribution is 6.30. The van der Waals surface area contributed by atoms with E-state index >= 15 is 0 Å². The Balaban J connectivity index is 1.65. The molecule has 1 aromatic heterocycles. The van der Waals surface area contributed by atoms with E-state index in [1.54, 1.807) is 10.9 Å². The molecular weight excluding hydrogens is 314 g/mol. The normalized spacial score (nSPS) is 17.4. The maximum atomic E-state index is 12.3. The molecule has 0 saturated carbocycles. The number of carbonyl (C=O) groups excluding carboxylic acids is 1. The average Bonchev–Trinajstić information content (AvgIpc) is 3.17. The summed E-state index contributed by atoms with van der Waals surface area (Å²) in [5.74, 6) is -0.103. The van der Waals surface area contributed by atoms with Gasteiger partial charge in [-0.15, -0.1) is 0 Å². The molecular formula is C17H20ClN3O2. The molecule has 0 spiro atoms. The Kier molecular flexibility index (Phi) is 4.98. The second-order valence-corrected chi connectivity index (χ2v) is 6.15. The van der Waals surface area contributed by atoms with Crippen LogP contribution in [-0.2, 0) is 4.74 Å². The lowest BCUT2D eigenvalue weighted by Crippen LogP contribution is -2.27. The molecule has 0 aliphatic carbocycles. The van der Waals surface area contributed by atoms with E-state index in [4.69, 9.17) is 16.3 Å². The molecule has 1 aliphatic rings. The van der Waals surface area contributed by atoms with Crippen LogP contribution in [0.1, 0.15) is 35.3 Å². The predicted octanol–water partition coefficient (Wildman–Crippen LogP) is 3.13. The smallest absolute Gasteiger partial charge is 0.254 e. The van der Waals surface area contributed by atoms with Crippen molar-refractivity contribution in [1.29, 1.82) is 0 Å². The lowest BCUT2D eigenvalue weighted by atomic mass is 10.2. The van der Waals surface area contributed by atoms with Gasteiger partial charge in [-0.25, -0.2) is 4.68 Å². The fraction of sp³-hybridized carbons (Fsp3) is 0.412. The van der Waals surface area contributed by atoms with Gasteiger partial charge in [-0.05, 0) is 44.4 Å². The van der Waals surface area contributed by atoms with Gasteiger partial charge in [0.25, 0.3) is 5.91 Å². The van der Waals surface area contributed by atoms with Crippen LogP contribution in [-0.4, -0.2) is 34.9 Å². The molecule has 2 aromatic rings. The monoisotopic (exact) mass is 333 g/mol. The summed E-state index contributed by atoms with van der Waals surface area (Å²) in [7, 11) is 0. The van der Waals surface area contributed by atoms with Crippen molar-refractivity contribution in [2.24, 2.45) is 0 Å². The van der Waals surface area contributed by atoms with Crippen molar-refractivity contribution in [3.8, 4) is 5.69 Å². The number of aromatic nitrogens is 2. The fourth-order valence-corrected chi connectivity index (χ4v) is 3.00. The highest BCUT2D eigenvalue weighted by atomic mass is 35.5. The van der Waals surface area contributed by atoms with Gasteiger partial charge in [-0.3, -0.25) is 4.79 Å². The van der Waals surface area contributed by atoms with Crippen molar-refractivity contribution in [2.45, 2.75) is 32.3 Å². The Hall–Kier alpha value is -1.85. The minimum atomic E-state index is -0.103. The molecule has 0 bridgehead atoms. The summed E-state index contributed by atoms with van der Waals surface area (Å²) < 4.78 is 7.28. The van der Waals surface area contributed by atoms with E-state index in [9.17, 15) is 4.79 Å². The SMILES string of the molecule is Cc1c(C(=O)NCC[C@H]2CCCO2)cnn1-c1cccc(Cl)c1. The highest BCUT2D eigenvalue weighted by Crippen LogP contribution is 2.18. The van der Waals surface area contributed by atoms with E-state index in [1.807, 2.05) is 31.2 Å². The van der Waals surface area contributed by atoms with Crippen molar-refractivity contribution in [3.05, 3.63) is 46.7 Å². The number of nitrogens with zero attached hydrogens (tertiary/aromatic N) is 2. The summed E-state index contributed by atoms with van der Waals surface area (Å²) in [6.07, 6.45) is 4.93. The third-order valence-electron chi connectivity index (χ3n) is 4.08. The summed E-state index contributed by atoms with van der Waals surface area (Å²) in [6.45, 7) is 3.33. The Morgan fingerprint density at radius 2 is 2.39 bits per heavy atom. The summed E-state index contributed by atoms with van der Waals surface area (Å²) in [4.78, 5) is 12.3. The number of benzene rings is 1.